The van der Waals surface area contributed by atoms with Gasteiger partial charge in [0, 0.05) is 9.35 Å². The Labute approximate surface area is 136 Å². The summed E-state index contributed by atoms with van der Waals surface area (Å²) in [4.78, 5) is 1.47. The summed E-state index contributed by atoms with van der Waals surface area (Å²) in [6.45, 7) is 2.06. The lowest BCUT2D eigenvalue weighted by Gasteiger charge is -2.11. The molecular weight excluding hydrogens is 444 g/mol. The molecule has 1 heterocycles. The molecule has 0 bridgehead atoms. The van der Waals surface area contributed by atoms with Crippen LogP contribution in [0.2, 0.25) is 0 Å². The molecule has 0 aliphatic rings. The average Bonchev–Trinajstić information content (AvgIpc) is 2.68. The Morgan fingerprint density at radius 2 is 1.94 bits per heavy atom. The van der Waals surface area contributed by atoms with E-state index in [0.29, 0.717) is 0 Å². The molecule has 2 rings (SSSR count). The first-order valence-electron chi connectivity index (χ1n) is 5.26. The maximum atomic E-state index is 5.28. The van der Waals surface area contributed by atoms with E-state index in [9.17, 15) is 0 Å². The van der Waals surface area contributed by atoms with Crippen LogP contribution < -0.4 is 4.74 Å². The molecule has 5 heteroatoms. The number of alkyl halides is 1. The fraction of sp³-hybridized carbons (Fsp3) is 0.231. The minimum absolute atomic E-state index is 0.203. The van der Waals surface area contributed by atoms with Crippen molar-refractivity contribution in [2.75, 3.05) is 7.11 Å². The molecule has 0 saturated carbocycles. The van der Waals surface area contributed by atoms with Crippen LogP contribution in [0.5, 0.6) is 5.75 Å². The van der Waals surface area contributed by atoms with Crippen molar-refractivity contribution in [3.05, 3.63) is 48.5 Å². The maximum Gasteiger partial charge on any atom is 0.121 e. The van der Waals surface area contributed by atoms with Crippen LogP contribution in [0.3, 0.4) is 0 Å². The second kappa shape index (κ2) is 6.07. The largest absolute Gasteiger partial charge is 0.496 e. The fourth-order valence-electron chi connectivity index (χ4n) is 1.71. The lowest BCUT2D eigenvalue weighted by molar-refractivity contribution is 0.411. The molecule has 1 aromatic carbocycles. The van der Waals surface area contributed by atoms with Gasteiger partial charge in [-0.15, -0.1) is 11.3 Å². The maximum absolute atomic E-state index is 5.28. The van der Waals surface area contributed by atoms with E-state index in [0.717, 1.165) is 19.6 Å². The highest BCUT2D eigenvalue weighted by Crippen LogP contribution is 2.41. The molecule has 1 nitrogen and oxygen atoms in total. The van der Waals surface area contributed by atoms with Crippen molar-refractivity contribution in [1.82, 2.24) is 0 Å². The quantitative estimate of drug-likeness (QED) is 0.511. The Morgan fingerprint density at radius 3 is 2.44 bits per heavy atom. The van der Waals surface area contributed by atoms with E-state index in [4.69, 9.17) is 4.74 Å². The van der Waals surface area contributed by atoms with Crippen LogP contribution >= 0.6 is 59.1 Å². The van der Waals surface area contributed by atoms with Crippen LogP contribution in [0, 0.1) is 6.92 Å². The average molecular weight is 455 g/mol. The molecule has 0 aliphatic heterocycles. The molecule has 0 amide bonds. The van der Waals surface area contributed by atoms with E-state index >= 15 is 0 Å². The summed E-state index contributed by atoms with van der Waals surface area (Å²) < 4.78 is 7.49. The Kier molecular flexibility index (Phi) is 4.92. The predicted molar refractivity (Wildman–Crippen MR) is 88.2 cm³/mol. The van der Waals surface area contributed by atoms with Gasteiger partial charge in [0.1, 0.15) is 5.75 Å². The summed E-state index contributed by atoms with van der Waals surface area (Å²) in [7, 11) is 1.70. The highest BCUT2D eigenvalue weighted by Gasteiger charge is 2.15. The zero-order chi connectivity index (χ0) is 13.3. The molecule has 0 spiro atoms. The van der Waals surface area contributed by atoms with Gasteiger partial charge in [-0.2, -0.15) is 0 Å². The second-order valence-electron chi connectivity index (χ2n) is 3.86. The highest BCUT2D eigenvalue weighted by atomic mass is 79.9. The van der Waals surface area contributed by atoms with Crippen molar-refractivity contribution >= 4 is 59.1 Å². The lowest BCUT2D eigenvalue weighted by atomic mass is 10.1. The van der Waals surface area contributed by atoms with Gasteiger partial charge >= 0.3 is 0 Å². The first-order chi connectivity index (χ1) is 8.52. The molecule has 2 aromatic rings. The standard InChI is InChI=1S/C13H11Br3OS/c1-7-5-8(3-4-10(7)17-2)12(15)11-6-9(14)13(16)18-11/h3-6,12H,1-2H3. The molecule has 1 unspecified atom stereocenters. The van der Waals surface area contributed by atoms with Gasteiger partial charge in [-0.3, -0.25) is 0 Å². The van der Waals surface area contributed by atoms with Gasteiger partial charge in [0.15, 0.2) is 0 Å². The molecule has 1 atom stereocenters. The van der Waals surface area contributed by atoms with Gasteiger partial charge in [0.05, 0.1) is 15.7 Å². The molecule has 1 aromatic heterocycles. The normalized spacial score (nSPS) is 12.5. The van der Waals surface area contributed by atoms with Gasteiger partial charge in [-0.05, 0) is 62.0 Å². The third kappa shape index (κ3) is 3.00. The minimum Gasteiger partial charge on any atom is -0.496 e. The zero-order valence-electron chi connectivity index (χ0n) is 9.84. The summed E-state index contributed by atoms with van der Waals surface area (Å²) in [6.07, 6.45) is 0. The van der Waals surface area contributed by atoms with Gasteiger partial charge < -0.3 is 4.74 Å². The first-order valence-corrected chi connectivity index (χ1v) is 8.58. The first kappa shape index (κ1) is 14.6. The summed E-state index contributed by atoms with van der Waals surface area (Å²) in [5.41, 5.74) is 2.38. The van der Waals surface area contributed by atoms with E-state index in [-0.39, 0.29) is 4.83 Å². The topological polar surface area (TPSA) is 9.23 Å². The third-order valence-electron chi connectivity index (χ3n) is 2.63. The Hall–Kier alpha value is 0.160. The third-order valence-corrected chi connectivity index (χ3v) is 7.27. The van der Waals surface area contributed by atoms with Crippen LogP contribution in [0.15, 0.2) is 32.5 Å². The second-order valence-corrected chi connectivity index (χ2v) is 8.03. The van der Waals surface area contributed by atoms with Gasteiger partial charge in [0.25, 0.3) is 0 Å². The number of halogens is 3. The summed E-state index contributed by atoms with van der Waals surface area (Å²) in [6, 6.07) is 8.39. The predicted octanol–water partition coefficient (Wildman–Crippen LogP) is 6.07. The summed E-state index contributed by atoms with van der Waals surface area (Å²) in [5, 5.41) is 0. The van der Waals surface area contributed by atoms with Crippen molar-refractivity contribution < 1.29 is 4.74 Å². The summed E-state index contributed by atoms with van der Waals surface area (Å²) in [5.74, 6) is 0.923. The number of rotatable bonds is 3. The number of methoxy groups -OCH3 is 1. The number of hydrogen-bond acceptors (Lipinski definition) is 2. The van der Waals surface area contributed by atoms with E-state index in [1.54, 1.807) is 18.4 Å². The molecule has 0 aliphatic carbocycles. The molecule has 0 N–H and O–H groups in total. The molecule has 0 saturated heterocycles. The van der Waals surface area contributed by atoms with Crippen LogP contribution in [-0.2, 0) is 0 Å². The van der Waals surface area contributed by atoms with Crippen LogP contribution in [-0.4, -0.2) is 7.11 Å². The molecular formula is C13H11Br3OS. The van der Waals surface area contributed by atoms with E-state index < -0.39 is 0 Å². The smallest absolute Gasteiger partial charge is 0.121 e. The number of ether oxygens (including phenoxy) is 1. The molecule has 0 fully saturated rings. The number of hydrogen-bond donors (Lipinski definition) is 0. The van der Waals surface area contributed by atoms with Crippen molar-refractivity contribution in [3.63, 3.8) is 0 Å². The van der Waals surface area contributed by atoms with Gasteiger partial charge in [-0.25, -0.2) is 0 Å². The number of aryl methyl sites for hydroxylation is 1. The number of thiophene rings is 1. The van der Waals surface area contributed by atoms with Crippen LogP contribution in [0.1, 0.15) is 20.8 Å². The van der Waals surface area contributed by atoms with E-state index in [1.165, 1.54) is 10.4 Å². The van der Waals surface area contributed by atoms with Gasteiger partial charge in [-0.1, -0.05) is 28.1 Å². The minimum atomic E-state index is 0.203. The Morgan fingerprint density at radius 1 is 1.22 bits per heavy atom. The molecule has 18 heavy (non-hydrogen) atoms. The van der Waals surface area contributed by atoms with Crippen LogP contribution in [0.4, 0.5) is 0 Å². The van der Waals surface area contributed by atoms with E-state index in [2.05, 4.69) is 72.9 Å². The van der Waals surface area contributed by atoms with Crippen molar-refractivity contribution in [1.29, 1.82) is 0 Å². The van der Waals surface area contributed by atoms with Crippen LogP contribution in [0.25, 0.3) is 0 Å². The van der Waals surface area contributed by atoms with Crippen molar-refractivity contribution in [2.24, 2.45) is 0 Å². The monoisotopic (exact) mass is 452 g/mol. The van der Waals surface area contributed by atoms with Crippen molar-refractivity contribution in [3.8, 4) is 5.75 Å². The molecule has 0 radical (unpaired) electrons. The SMILES string of the molecule is COc1ccc(C(Br)c2cc(Br)c(Br)s2)cc1C. The van der Waals surface area contributed by atoms with E-state index in [1.807, 2.05) is 6.07 Å². The number of benzene rings is 1. The summed E-state index contributed by atoms with van der Waals surface area (Å²) >= 11 is 12.5. The molecule has 96 valence electrons. The fourth-order valence-corrected chi connectivity index (χ4v) is 4.50. The Balaban J connectivity index is 2.33. The zero-order valence-corrected chi connectivity index (χ0v) is 15.4. The Bertz CT molecular complexity index is 546. The van der Waals surface area contributed by atoms with Gasteiger partial charge in [0.2, 0.25) is 0 Å². The lowest BCUT2D eigenvalue weighted by Crippen LogP contribution is -1.93. The van der Waals surface area contributed by atoms with Crippen molar-refractivity contribution in [2.45, 2.75) is 11.8 Å². The highest BCUT2D eigenvalue weighted by molar-refractivity contribution is 9.13.